The molecule has 1 amide bonds. The maximum absolute atomic E-state index is 12.4. The number of amides is 1. The Kier molecular flexibility index (Phi) is 6.06. The summed E-state index contributed by atoms with van der Waals surface area (Å²) in [4.78, 5) is 21.9. The summed E-state index contributed by atoms with van der Waals surface area (Å²) >= 11 is 1.58. The van der Waals surface area contributed by atoms with Crippen LogP contribution in [-0.4, -0.2) is 65.7 Å². The zero-order valence-electron chi connectivity index (χ0n) is 16.1. The van der Waals surface area contributed by atoms with Crippen molar-refractivity contribution in [3.8, 4) is 22.2 Å². The molecule has 152 valence electrons. The van der Waals surface area contributed by atoms with E-state index in [0.717, 1.165) is 23.7 Å². The third kappa shape index (κ3) is 4.93. The van der Waals surface area contributed by atoms with Gasteiger partial charge >= 0.3 is 0 Å². The summed E-state index contributed by atoms with van der Waals surface area (Å²) < 4.78 is 16.1. The molecule has 0 bridgehead atoms. The number of hydrogen-bond donors (Lipinski definition) is 0. The highest BCUT2D eigenvalue weighted by Gasteiger charge is 2.23. The minimum absolute atomic E-state index is 0.0155. The van der Waals surface area contributed by atoms with E-state index >= 15 is 0 Å². The van der Waals surface area contributed by atoms with Crippen molar-refractivity contribution in [2.75, 3.05) is 39.9 Å². The molecule has 1 aromatic carbocycles. The molecule has 4 rings (SSSR count). The van der Waals surface area contributed by atoms with Gasteiger partial charge in [-0.1, -0.05) is 11.2 Å². The van der Waals surface area contributed by atoms with Gasteiger partial charge in [-0.2, -0.15) is 4.98 Å². The first-order chi connectivity index (χ1) is 14.2. The maximum atomic E-state index is 12.4. The van der Waals surface area contributed by atoms with Crippen LogP contribution in [0, 0.1) is 0 Å². The van der Waals surface area contributed by atoms with Crippen LogP contribution in [0.4, 0.5) is 0 Å². The van der Waals surface area contributed by atoms with Crippen LogP contribution in [-0.2, 0) is 11.3 Å². The number of ether oxygens (including phenoxy) is 2. The Morgan fingerprint density at radius 2 is 1.90 bits per heavy atom. The topological polar surface area (TPSA) is 80.9 Å². The Morgan fingerprint density at radius 1 is 1.14 bits per heavy atom. The average molecular weight is 414 g/mol. The molecule has 1 aliphatic rings. The third-order valence-corrected chi connectivity index (χ3v) is 5.58. The molecule has 1 saturated heterocycles. The molecule has 3 heterocycles. The van der Waals surface area contributed by atoms with Crippen molar-refractivity contribution in [1.29, 1.82) is 0 Å². The Bertz CT molecular complexity index is 918. The van der Waals surface area contributed by atoms with E-state index in [2.05, 4.69) is 15.0 Å². The summed E-state index contributed by atoms with van der Waals surface area (Å²) in [6.45, 7) is 3.42. The second kappa shape index (κ2) is 9.06. The normalized spacial score (nSPS) is 14.7. The minimum atomic E-state index is -0.0155. The lowest BCUT2D eigenvalue weighted by molar-refractivity contribution is -0.135. The van der Waals surface area contributed by atoms with Gasteiger partial charge in [-0.25, -0.2) is 0 Å². The zero-order valence-corrected chi connectivity index (χ0v) is 16.9. The standard InChI is InChI=1S/C20H22N4O4S/c1-26-15-4-6-16(7-5-15)27-14-19(25)24-10-8-23(9-11-24)13-18-21-20(22-28-18)17-3-2-12-29-17/h2-7,12H,8-11,13-14H2,1H3. The average Bonchev–Trinajstić information content (AvgIpc) is 3.45. The van der Waals surface area contributed by atoms with E-state index in [1.165, 1.54) is 0 Å². The predicted octanol–water partition coefficient (Wildman–Crippen LogP) is 2.53. The second-order valence-corrected chi connectivity index (χ2v) is 7.56. The molecule has 0 atom stereocenters. The monoisotopic (exact) mass is 414 g/mol. The van der Waals surface area contributed by atoms with E-state index in [9.17, 15) is 4.79 Å². The van der Waals surface area contributed by atoms with Gasteiger partial charge in [-0.05, 0) is 35.7 Å². The predicted molar refractivity (Wildman–Crippen MR) is 108 cm³/mol. The molecule has 29 heavy (non-hydrogen) atoms. The Labute approximate surface area is 172 Å². The van der Waals surface area contributed by atoms with Crippen LogP contribution in [0.3, 0.4) is 0 Å². The molecule has 8 nitrogen and oxygen atoms in total. The fourth-order valence-electron chi connectivity index (χ4n) is 3.08. The van der Waals surface area contributed by atoms with Gasteiger partial charge in [0.05, 0.1) is 18.5 Å². The summed E-state index contributed by atoms with van der Waals surface area (Å²) in [6, 6.07) is 11.1. The highest BCUT2D eigenvalue weighted by atomic mass is 32.1. The van der Waals surface area contributed by atoms with E-state index in [1.54, 1.807) is 42.7 Å². The number of piperazine rings is 1. The van der Waals surface area contributed by atoms with Crippen molar-refractivity contribution in [3.63, 3.8) is 0 Å². The number of thiophene rings is 1. The van der Waals surface area contributed by atoms with Gasteiger partial charge in [-0.15, -0.1) is 11.3 Å². The molecule has 2 aromatic heterocycles. The molecule has 0 spiro atoms. The number of aromatic nitrogens is 2. The van der Waals surface area contributed by atoms with Crippen molar-refractivity contribution in [3.05, 3.63) is 47.7 Å². The zero-order chi connectivity index (χ0) is 20.1. The first kappa shape index (κ1) is 19.4. The largest absolute Gasteiger partial charge is 0.497 e. The van der Waals surface area contributed by atoms with Crippen LogP contribution in [0.1, 0.15) is 5.89 Å². The fourth-order valence-corrected chi connectivity index (χ4v) is 3.73. The number of hydrogen-bond acceptors (Lipinski definition) is 8. The molecule has 0 saturated carbocycles. The van der Waals surface area contributed by atoms with Crippen LogP contribution < -0.4 is 9.47 Å². The van der Waals surface area contributed by atoms with Crippen molar-refractivity contribution < 1.29 is 18.8 Å². The van der Waals surface area contributed by atoms with Crippen molar-refractivity contribution in [1.82, 2.24) is 19.9 Å². The summed E-state index contributed by atoms with van der Waals surface area (Å²) in [7, 11) is 1.61. The summed E-state index contributed by atoms with van der Waals surface area (Å²) in [5, 5.41) is 6.03. The molecule has 9 heteroatoms. The van der Waals surface area contributed by atoms with E-state index in [-0.39, 0.29) is 12.5 Å². The molecule has 0 aliphatic carbocycles. The van der Waals surface area contributed by atoms with Gasteiger partial charge < -0.3 is 18.9 Å². The van der Waals surface area contributed by atoms with Gasteiger partial charge in [0.15, 0.2) is 6.61 Å². The van der Waals surface area contributed by atoms with Gasteiger partial charge in [0.1, 0.15) is 11.5 Å². The van der Waals surface area contributed by atoms with Crippen molar-refractivity contribution >= 4 is 17.2 Å². The smallest absolute Gasteiger partial charge is 0.260 e. The molecule has 1 aliphatic heterocycles. The number of rotatable bonds is 7. The van der Waals surface area contributed by atoms with Crippen LogP contribution in [0.2, 0.25) is 0 Å². The van der Waals surface area contributed by atoms with Crippen LogP contribution >= 0.6 is 11.3 Å². The van der Waals surface area contributed by atoms with E-state index < -0.39 is 0 Å². The van der Waals surface area contributed by atoms with Crippen LogP contribution in [0.15, 0.2) is 46.3 Å². The number of methoxy groups -OCH3 is 1. The quantitative estimate of drug-likeness (QED) is 0.588. The van der Waals surface area contributed by atoms with Gasteiger partial charge in [0, 0.05) is 26.2 Å². The maximum Gasteiger partial charge on any atom is 0.260 e. The van der Waals surface area contributed by atoms with Gasteiger partial charge in [0.25, 0.3) is 5.91 Å². The molecule has 1 fully saturated rings. The Hall–Kier alpha value is -2.91. The summed E-state index contributed by atoms with van der Waals surface area (Å²) in [6.07, 6.45) is 0. The molecule has 0 unspecified atom stereocenters. The highest BCUT2D eigenvalue weighted by molar-refractivity contribution is 7.13. The fraction of sp³-hybridized carbons (Fsp3) is 0.350. The van der Waals surface area contributed by atoms with Crippen molar-refractivity contribution in [2.24, 2.45) is 0 Å². The lowest BCUT2D eigenvalue weighted by Gasteiger charge is -2.33. The SMILES string of the molecule is COc1ccc(OCC(=O)N2CCN(Cc3nc(-c4cccs4)no3)CC2)cc1. The third-order valence-electron chi connectivity index (χ3n) is 4.72. The van der Waals surface area contributed by atoms with Gasteiger partial charge in [0.2, 0.25) is 11.7 Å². The van der Waals surface area contributed by atoms with Crippen LogP contribution in [0.5, 0.6) is 11.5 Å². The van der Waals surface area contributed by atoms with Gasteiger partial charge in [-0.3, -0.25) is 9.69 Å². The Balaban J connectivity index is 1.22. The number of benzene rings is 1. The summed E-state index contributed by atoms with van der Waals surface area (Å²) in [5.41, 5.74) is 0. The number of carbonyl (C=O) groups is 1. The number of carbonyl (C=O) groups excluding carboxylic acids is 1. The number of nitrogens with zero attached hydrogens (tertiary/aromatic N) is 4. The van der Waals surface area contributed by atoms with E-state index in [4.69, 9.17) is 14.0 Å². The minimum Gasteiger partial charge on any atom is -0.497 e. The first-order valence-electron chi connectivity index (χ1n) is 9.35. The molecule has 0 radical (unpaired) electrons. The summed E-state index contributed by atoms with van der Waals surface area (Å²) in [5.74, 6) is 2.60. The van der Waals surface area contributed by atoms with Crippen LogP contribution in [0.25, 0.3) is 10.7 Å². The molecule has 3 aromatic rings. The lowest BCUT2D eigenvalue weighted by Crippen LogP contribution is -2.49. The van der Waals surface area contributed by atoms with Crippen molar-refractivity contribution in [2.45, 2.75) is 6.54 Å². The molecular formula is C20H22N4O4S. The Morgan fingerprint density at radius 3 is 2.59 bits per heavy atom. The second-order valence-electron chi connectivity index (χ2n) is 6.61. The molecule has 0 N–H and O–H groups in total. The lowest BCUT2D eigenvalue weighted by atomic mass is 10.3. The molecular weight excluding hydrogens is 392 g/mol. The first-order valence-corrected chi connectivity index (χ1v) is 10.2. The van der Waals surface area contributed by atoms with E-state index in [0.29, 0.717) is 37.1 Å². The van der Waals surface area contributed by atoms with E-state index in [1.807, 2.05) is 22.4 Å². The highest BCUT2D eigenvalue weighted by Crippen LogP contribution is 2.22.